The minimum absolute atomic E-state index is 0.344. The third-order valence-electron chi connectivity index (χ3n) is 2.31. The van der Waals surface area contributed by atoms with Crippen molar-refractivity contribution >= 4 is 11.3 Å². The number of rotatable bonds is 4. The lowest BCUT2D eigenvalue weighted by Crippen LogP contribution is -2.27. The Morgan fingerprint density at radius 2 is 2.21 bits per heavy atom. The molecule has 14 heavy (non-hydrogen) atoms. The van der Waals surface area contributed by atoms with Crippen molar-refractivity contribution in [3.05, 3.63) is 21.9 Å². The van der Waals surface area contributed by atoms with Gasteiger partial charge in [-0.15, -0.1) is 11.3 Å². The fraction of sp³-hybridized carbons (Fsp3) is 0.545. The van der Waals surface area contributed by atoms with E-state index in [4.69, 9.17) is 5.26 Å². The SMILES string of the molecule is CCC(C)NC(C)c1ccc(C#N)s1. The van der Waals surface area contributed by atoms with E-state index in [0.717, 1.165) is 11.3 Å². The molecule has 0 aliphatic rings. The Hall–Kier alpha value is -0.850. The van der Waals surface area contributed by atoms with Crippen molar-refractivity contribution in [2.24, 2.45) is 0 Å². The van der Waals surface area contributed by atoms with Crippen LogP contribution in [0.1, 0.15) is 43.0 Å². The van der Waals surface area contributed by atoms with Gasteiger partial charge in [0.1, 0.15) is 10.9 Å². The fourth-order valence-corrected chi connectivity index (χ4v) is 2.09. The second kappa shape index (κ2) is 5.14. The van der Waals surface area contributed by atoms with E-state index in [1.807, 2.05) is 12.1 Å². The van der Waals surface area contributed by atoms with E-state index in [9.17, 15) is 0 Å². The van der Waals surface area contributed by atoms with E-state index < -0.39 is 0 Å². The predicted molar refractivity (Wildman–Crippen MR) is 60.3 cm³/mol. The largest absolute Gasteiger partial charge is 0.307 e. The van der Waals surface area contributed by atoms with Crippen LogP contribution in [0.25, 0.3) is 0 Å². The van der Waals surface area contributed by atoms with Gasteiger partial charge < -0.3 is 5.32 Å². The summed E-state index contributed by atoms with van der Waals surface area (Å²) in [5.74, 6) is 0. The van der Waals surface area contributed by atoms with Crippen molar-refractivity contribution in [3.63, 3.8) is 0 Å². The average molecular weight is 208 g/mol. The molecule has 0 fully saturated rings. The summed E-state index contributed by atoms with van der Waals surface area (Å²) in [6.45, 7) is 6.48. The zero-order chi connectivity index (χ0) is 10.6. The van der Waals surface area contributed by atoms with Crippen LogP contribution in [-0.2, 0) is 0 Å². The van der Waals surface area contributed by atoms with E-state index in [1.54, 1.807) is 11.3 Å². The number of nitriles is 1. The molecule has 0 spiro atoms. The first-order chi connectivity index (χ1) is 6.67. The van der Waals surface area contributed by atoms with Crippen LogP contribution < -0.4 is 5.32 Å². The number of hydrogen-bond acceptors (Lipinski definition) is 3. The molecule has 3 heteroatoms. The number of thiophene rings is 1. The molecular weight excluding hydrogens is 192 g/mol. The van der Waals surface area contributed by atoms with E-state index >= 15 is 0 Å². The monoisotopic (exact) mass is 208 g/mol. The first-order valence-corrected chi connectivity index (χ1v) is 5.75. The molecule has 1 aromatic rings. The van der Waals surface area contributed by atoms with Crippen molar-refractivity contribution in [2.75, 3.05) is 0 Å². The van der Waals surface area contributed by atoms with Gasteiger partial charge in [0.05, 0.1) is 0 Å². The molecule has 0 bridgehead atoms. The minimum atomic E-state index is 0.344. The quantitative estimate of drug-likeness (QED) is 0.825. The summed E-state index contributed by atoms with van der Waals surface area (Å²) < 4.78 is 0. The summed E-state index contributed by atoms with van der Waals surface area (Å²) in [5, 5.41) is 12.2. The van der Waals surface area contributed by atoms with Gasteiger partial charge in [0, 0.05) is 17.0 Å². The Kier molecular flexibility index (Phi) is 4.12. The van der Waals surface area contributed by atoms with Gasteiger partial charge >= 0.3 is 0 Å². The topological polar surface area (TPSA) is 35.8 Å². The Labute approximate surface area is 89.6 Å². The van der Waals surface area contributed by atoms with Gasteiger partial charge in [-0.05, 0) is 32.4 Å². The second-order valence-electron chi connectivity index (χ2n) is 3.51. The molecule has 0 saturated carbocycles. The van der Waals surface area contributed by atoms with Crippen LogP contribution in [-0.4, -0.2) is 6.04 Å². The zero-order valence-electron chi connectivity index (χ0n) is 8.87. The molecule has 0 radical (unpaired) electrons. The maximum absolute atomic E-state index is 8.70. The molecular formula is C11H16N2S. The standard InChI is InChI=1S/C11H16N2S/c1-4-8(2)13-9(3)11-6-5-10(7-12)14-11/h5-6,8-9,13H,4H2,1-3H3. The van der Waals surface area contributed by atoms with Crippen LogP contribution in [0.3, 0.4) is 0 Å². The lowest BCUT2D eigenvalue weighted by Gasteiger charge is -2.17. The van der Waals surface area contributed by atoms with E-state index in [-0.39, 0.29) is 0 Å². The van der Waals surface area contributed by atoms with Crippen molar-refractivity contribution in [2.45, 2.75) is 39.3 Å². The molecule has 2 unspecified atom stereocenters. The highest BCUT2D eigenvalue weighted by Crippen LogP contribution is 2.22. The highest BCUT2D eigenvalue weighted by atomic mass is 32.1. The normalized spacial score (nSPS) is 14.7. The summed E-state index contributed by atoms with van der Waals surface area (Å²) in [6, 6.07) is 6.95. The molecule has 1 heterocycles. The molecule has 0 aromatic carbocycles. The maximum Gasteiger partial charge on any atom is 0.110 e. The molecule has 0 amide bonds. The number of nitrogens with zero attached hydrogens (tertiary/aromatic N) is 1. The van der Waals surface area contributed by atoms with Crippen LogP contribution in [0, 0.1) is 11.3 Å². The molecule has 1 rings (SSSR count). The molecule has 0 aliphatic heterocycles. The van der Waals surface area contributed by atoms with E-state index in [0.29, 0.717) is 12.1 Å². The minimum Gasteiger partial charge on any atom is -0.307 e. The molecule has 2 nitrogen and oxygen atoms in total. The van der Waals surface area contributed by atoms with Crippen LogP contribution in [0.4, 0.5) is 0 Å². The van der Waals surface area contributed by atoms with Crippen molar-refractivity contribution in [1.29, 1.82) is 5.26 Å². The zero-order valence-corrected chi connectivity index (χ0v) is 9.69. The third kappa shape index (κ3) is 2.83. The molecule has 1 N–H and O–H groups in total. The Bertz CT molecular complexity index is 324. The summed E-state index contributed by atoms with van der Waals surface area (Å²) in [7, 11) is 0. The summed E-state index contributed by atoms with van der Waals surface area (Å²) in [5.41, 5.74) is 0. The van der Waals surface area contributed by atoms with Gasteiger partial charge in [0.2, 0.25) is 0 Å². The lowest BCUT2D eigenvalue weighted by molar-refractivity contribution is 0.474. The van der Waals surface area contributed by atoms with Crippen molar-refractivity contribution in [3.8, 4) is 6.07 Å². The molecule has 76 valence electrons. The first-order valence-electron chi connectivity index (χ1n) is 4.93. The lowest BCUT2D eigenvalue weighted by atomic mass is 10.2. The highest BCUT2D eigenvalue weighted by molar-refractivity contribution is 7.12. The molecule has 2 atom stereocenters. The average Bonchev–Trinajstić information content (AvgIpc) is 2.65. The van der Waals surface area contributed by atoms with Gasteiger partial charge in [0.15, 0.2) is 0 Å². The van der Waals surface area contributed by atoms with Crippen molar-refractivity contribution < 1.29 is 0 Å². The number of nitrogens with one attached hydrogen (secondary N) is 1. The van der Waals surface area contributed by atoms with Gasteiger partial charge in [0.25, 0.3) is 0 Å². The Morgan fingerprint density at radius 3 is 2.71 bits per heavy atom. The molecule has 1 aromatic heterocycles. The fourth-order valence-electron chi connectivity index (χ4n) is 1.27. The highest BCUT2D eigenvalue weighted by Gasteiger charge is 2.10. The van der Waals surface area contributed by atoms with E-state index in [2.05, 4.69) is 32.2 Å². The summed E-state index contributed by atoms with van der Waals surface area (Å²) in [6.07, 6.45) is 1.13. The van der Waals surface area contributed by atoms with Gasteiger partial charge in [-0.3, -0.25) is 0 Å². The van der Waals surface area contributed by atoms with Crippen LogP contribution in [0.15, 0.2) is 12.1 Å². The number of hydrogen-bond donors (Lipinski definition) is 1. The van der Waals surface area contributed by atoms with E-state index in [1.165, 1.54) is 4.88 Å². The van der Waals surface area contributed by atoms with Gasteiger partial charge in [-0.1, -0.05) is 6.92 Å². The smallest absolute Gasteiger partial charge is 0.110 e. The Balaban J connectivity index is 2.61. The van der Waals surface area contributed by atoms with Crippen LogP contribution >= 0.6 is 11.3 Å². The van der Waals surface area contributed by atoms with Crippen LogP contribution in [0.5, 0.6) is 0 Å². The first kappa shape index (κ1) is 11.2. The van der Waals surface area contributed by atoms with Gasteiger partial charge in [-0.25, -0.2) is 0 Å². The molecule has 0 aliphatic carbocycles. The summed E-state index contributed by atoms with van der Waals surface area (Å²) in [4.78, 5) is 2.03. The Morgan fingerprint density at radius 1 is 1.50 bits per heavy atom. The molecule has 0 saturated heterocycles. The van der Waals surface area contributed by atoms with Crippen molar-refractivity contribution in [1.82, 2.24) is 5.32 Å². The second-order valence-corrected chi connectivity index (χ2v) is 4.63. The predicted octanol–water partition coefficient (Wildman–Crippen LogP) is 3.07. The maximum atomic E-state index is 8.70. The third-order valence-corrected chi connectivity index (χ3v) is 3.48. The van der Waals surface area contributed by atoms with Gasteiger partial charge in [-0.2, -0.15) is 5.26 Å². The van der Waals surface area contributed by atoms with Crippen LogP contribution in [0.2, 0.25) is 0 Å². The summed E-state index contributed by atoms with van der Waals surface area (Å²) >= 11 is 1.57.